The first-order valence-corrected chi connectivity index (χ1v) is 12.3. The average Bonchev–Trinajstić information content (AvgIpc) is 3.59. The lowest BCUT2D eigenvalue weighted by molar-refractivity contribution is -0.142. The summed E-state index contributed by atoms with van der Waals surface area (Å²) in [5.41, 5.74) is 4.63. The highest BCUT2D eigenvalue weighted by atomic mass is 16.5. The Kier molecular flexibility index (Phi) is 6.72. The lowest BCUT2D eigenvalue weighted by Gasteiger charge is -2.23. The maximum atomic E-state index is 12.8. The molecule has 0 aromatic heterocycles. The van der Waals surface area contributed by atoms with Crippen molar-refractivity contribution in [3.05, 3.63) is 59.7 Å². The fraction of sp³-hybridized carbons (Fsp3) is 0.444. The number of ether oxygens (including phenoxy) is 2. The van der Waals surface area contributed by atoms with Gasteiger partial charge in [0.15, 0.2) is 0 Å². The van der Waals surface area contributed by atoms with Crippen molar-refractivity contribution in [2.45, 2.75) is 43.7 Å². The van der Waals surface area contributed by atoms with Crippen molar-refractivity contribution in [3.63, 3.8) is 0 Å². The Morgan fingerprint density at radius 1 is 0.971 bits per heavy atom. The summed E-state index contributed by atoms with van der Waals surface area (Å²) in [4.78, 5) is 36.7. The maximum absolute atomic E-state index is 12.8. The van der Waals surface area contributed by atoms with Crippen molar-refractivity contribution in [1.82, 2.24) is 10.6 Å². The molecule has 3 N–H and O–H groups in total. The van der Waals surface area contributed by atoms with Crippen LogP contribution in [-0.2, 0) is 19.1 Å². The SMILES string of the molecule is O=C(NC[C@H]1CCO[C@H]1C(=O)N[C@H]1CCC[C@H]1C(=O)O)OCC1c2ccccc2-c2ccccc21. The summed E-state index contributed by atoms with van der Waals surface area (Å²) in [5.74, 6) is -1.96. The van der Waals surface area contributed by atoms with Gasteiger partial charge in [0.1, 0.15) is 12.7 Å². The summed E-state index contributed by atoms with van der Waals surface area (Å²) in [6.45, 7) is 0.896. The zero-order valence-corrected chi connectivity index (χ0v) is 19.4. The summed E-state index contributed by atoms with van der Waals surface area (Å²) in [5, 5.41) is 15.0. The van der Waals surface area contributed by atoms with Gasteiger partial charge in [-0.2, -0.15) is 0 Å². The van der Waals surface area contributed by atoms with Crippen LogP contribution in [0.5, 0.6) is 0 Å². The molecule has 184 valence electrons. The predicted molar refractivity (Wildman–Crippen MR) is 128 cm³/mol. The lowest BCUT2D eigenvalue weighted by Crippen LogP contribution is -2.48. The van der Waals surface area contributed by atoms with Gasteiger partial charge in [-0.25, -0.2) is 4.79 Å². The van der Waals surface area contributed by atoms with Gasteiger partial charge < -0.3 is 25.2 Å². The number of rotatable bonds is 7. The Morgan fingerprint density at radius 2 is 1.66 bits per heavy atom. The highest BCUT2D eigenvalue weighted by Crippen LogP contribution is 2.44. The quantitative estimate of drug-likeness (QED) is 0.563. The minimum Gasteiger partial charge on any atom is -0.481 e. The van der Waals surface area contributed by atoms with Crippen molar-refractivity contribution < 1.29 is 29.0 Å². The van der Waals surface area contributed by atoms with Crippen LogP contribution in [0, 0.1) is 11.8 Å². The van der Waals surface area contributed by atoms with Crippen molar-refractivity contribution in [2.24, 2.45) is 11.8 Å². The first kappa shape index (κ1) is 23.4. The molecule has 1 aliphatic heterocycles. The number of hydrogen-bond acceptors (Lipinski definition) is 5. The van der Waals surface area contributed by atoms with Crippen molar-refractivity contribution in [2.75, 3.05) is 19.8 Å². The third kappa shape index (κ3) is 4.75. The molecular formula is C27H30N2O6. The zero-order chi connectivity index (χ0) is 24.4. The van der Waals surface area contributed by atoms with Crippen LogP contribution in [-0.4, -0.2) is 55.0 Å². The van der Waals surface area contributed by atoms with Crippen LogP contribution in [0.3, 0.4) is 0 Å². The molecule has 1 saturated heterocycles. The molecule has 1 heterocycles. The van der Waals surface area contributed by atoms with E-state index in [9.17, 15) is 19.5 Å². The van der Waals surface area contributed by atoms with E-state index in [0.717, 1.165) is 17.5 Å². The van der Waals surface area contributed by atoms with E-state index in [2.05, 4.69) is 34.9 Å². The molecule has 3 aliphatic rings. The molecule has 4 atom stereocenters. The first-order chi connectivity index (χ1) is 17.0. The Labute approximate surface area is 204 Å². The van der Waals surface area contributed by atoms with Crippen LogP contribution >= 0.6 is 0 Å². The molecule has 0 spiro atoms. The van der Waals surface area contributed by atoms with Crippen molar-refractivity contribution in [3.8, 4) is 11.1 Å². The van der Waals surface area contributed by atoms with Gasteiger partial charge in [0.25, 0.3) is 0 Å². The summed E-state index contributed by atoms with van der Waals surface area (Å²) < 4.78 is 11.2. The van der Waals surface area contributed by atoms with Gasteiger partial charge >= 0.3 is 12.1 Å². The first-order valence-electron chi connectivity index (χ1n) is 12.3. The molecule has 2 aromatic rings. The Hall–Kier alpha value is -3.39. The minimum absolute atomic E-state index is 0.0184. The Bertz CT molecular complexity index is 1070. The molecule has 35 heavy (non-hydrogen) atoms. The standard InChI is InChI=1S/C27H30N2O6/c30-25(29-23-11-5-10-21(23)26(31)32)24-16(12-13-34-24)14-28-27(33)35-15-22-19-8-3-1-6-17(19)18-7-2-4-9-20(18)22/h1-4,6-9,16,21-24H,5,10-15H2,(H,28,33)(H,29,30)(H,31,32)/t16-,21-,23+,24-/m1/s1. The number of alkyl carbamates (subject to hydrolysis) is 1. The number of carbonyl (C=O) groups is 3. The number of nitrogens with one attached hydrogen (secondary N) is 2. The number of carboxylic acids is 1. The number of hydrogen-bond donors (Lipinski definition) is 3. The molecule has 0 bridgehead atoms. The van der Waals surface area contributed by atoms with Gasteiger partial charge in [-0.15, -0.1) is 0 Å². The number of carbonyl (C=O) groups excluding carboxylic acids is 2. The van der Waals surface area contributed by atoms with E-state index >= 15 is 0 Å². The van der Waals surface area contributed by atoms with Crippen LogP contribution in [0.15, 0.2) is 48.5 Å². The molecular weight excluding hydrogens is 448 g/mol. The van der Waals surface area contributed by atoms with E-state index in [1.54, 1.807) is 0 Å². The van der Waals surface area contributed by atoms with Gasteiger partial charge in [0.2, 0.25) is 5.91 Å². The fourth-order valence-electron chi connectivity index (χ4n) is 5.69. The lowest BCUT2D eigenvalue weighted by atomic mass is 9.98. The molecule has 0 unspecified atom stereocenters. The van der Waals surface area contributed by atoms with Crippen LogP contribution in [0.25, 0.3) is 11.1 Å². The topological polar surface area (TPSA) is 114 Å². The normalized spacial score (nSPS) is 25.0. The van der Waals surface area contributed by atoms with E-state index in [4.69, 9.17) is 9.47 Å². The van der Waals surface area contributed by atoms with Gasteiger partial charge in [-0.1, -0.05) is 55.0 Å². The van der Waals surface area contributed by atoms with E-state index < -0.39 is 24.1 Å². The van der Waals surface area contributed by atoms with Crippen LogP contribution < -0.4 is 10.6 Å². The molecule has 2 aromatic carbocycles. The average molecular weight is 479 g/mol. The van der Waals surface area contributed by atoms with E-state index in [0.29, 0.717) is 25.9 Å². The molecule has 1 saturated carbocycles. The van der Waals surface area contributed by atoms with Crippen LogP contribution in [0.1, 0.15) is 42.7 Å². The van der Waals surface area contributed by atoms with Crippen LogP contribution in [0.2, 0.25) is 0 Å². The molecule has 2 aliphatic carbocycles. The molecule has 8 nitrogen and oxygen atoms in total. The molecule has 8 heteroatoms. The van der Waals surface area contributed by atoms with E-state index in [1.807, 2.05) is 24.3 Å². The van der Waals surface area contributed by atoms with Crippen molar-refractivity contribution in [1.29, 1.82) is 0 Å². The third-order valence-electron chi connectivity index (χ3n) is 7.49. The molecule has 2 fully saturated rings. The summed E-state index contributed by atoms with van der Waals surface area (Å²) >= 11 is 0. The van der Waals surface area contributed by atoms with Crippen molar-refractivity contribution >= 4 is 18.0 Å². The Balaban J connectivity index is 1.14. The fourth-order valence-corrected chi connectivity index (χ4v) is 5.69. The smallest absolute Gasteiger partial charge is 0.407 e. The molecule has 5 rings (SSSR count). The maximum Gasteiger partial charge on any atom is 0.407 e. The zero-order valence-electron chi connectivity index (χ0n) is 19.4. The molecule has 2 amide bonds. The highest BCUT2D eigenvalue weighted by molar-refractivity contribution is 5.83. The number of aliphatic carboxylic acids is 1. The van der Waals surface area contributed by atoms with Gasteiger partial charge in [0.05, 0.1) is 5.92 Å². The van der Waals surface area contributed by atoms with Gasteiger partial charge in [0, 0.05) is 31.0 Å². The summed E-state index contributed by atoms with van der Waals surface area (Å²) in [7, 11) is 0. The van der Waals surface area contributed by atoms with Gasteiger partial charge in [-0.05, 0) is 41.5 Å². The number of carboxylic acid groups (broad SMARTS) is 1. The number of amides is 2. The van der Waals surface area contributed by atoms with Crippen LogP contribution in [0.4, 0.5) is 4.79 Å². The third-order valence-corrected chi connectivity index (χ3v) is 7.49. The second-order valence-corrected chi connectivity index (χ2v) is 9.54. The predicted octanol–water partition coefficient (Wildman–Crippen LogP) is 3.30. The number of fused-ring (bicyclic) bond motifs is 3. The second kappa shape index (κ2) is 10.1. The van der Waals surface area contributed by atoms with E-state index in [1.165, 1.54) is 11.1 Å². The summed E-state index contributed by atoms with van der Waals surface area (Å²) in [6, 6.07) is 15.9. The largest absolute Gasteiger partial charge is 0.481 e. The molecule has 0 radical (unpaired) electrons. The second-order valence-electron chi connectivity index (χ2n) is 9.54. The Morgan fingerprint density at radius 3 is 2.34 bits per heavy atom. The van der Waals surface area contributed by atoms with E-state index in [-0.39, 0.29) is 36.9 Å². The monoisotopic (exact) mass is 478 g/mol. The van der Waals surface area contributed by atoms with Gasteiger partial charge in [-0.3, -0.25) is 9.59 Å². The number of benzene rings is 2. The minimum atomic E-state index is -0.881. The summed E-state index contributed by atoms with van der Waals surface area (Å²) in [6.07, 6.45) is 1.39. The highest BCUT2D eigenvalue weighted by Gasteiger charge is 2.39.